The monoisotopic (exact) mass is 226 g/mol. The van der Waals surface area contributed by atoms with Crippen molar-refractivity contribution < 1.29 is 19.0 Å². The molecule has 1 aromatic rings. The van der Waals surface area contributed by atoms with Gasteiger partial charge in [-0.2, -0.15) is 0 Å². The first-order valence-corrected chi connectivity index (χ1v) is 4.91. The van der Waals surface area contributed by atoms with E-state index in [4.69, 9.17) is 9.84 Å². The molecule has 0 amide bonds. The first-order valence-electron chi connectivity index (χ1n) is 4.91. The summed E-state index contributed by atoms with van der Waals surface area (Å²) in [4.78, 5) is 11.0. The number of halogens is 1. The maximum atomic E-state index is 13.1. The highest BCUT2D eigenvalue weighted by Crippen LogP contribution is 2.29. The predicted molar refractivity (Wildman–Crippen MR) is 57.9 cm³/mol. The van der Waals surface area contributed by atoms with E-state index in [-0.39, 0.29) is 5.82 Å². The van der Waals surface area contributed by atoms with Crippen molar-refractivity contribution >= 4 is 5.97 Å². The third-order valence-electron chi connectivity index (χ3n) is 2.68. The Hall–Kier alpha value is -1.42. The molecule has 0 saturated heterocycles. The second-order valence-electron chi connectivity index (χ2n) is 4.19. The van der Waals surface area contributed by atoms with Crippen LogP contribution >= 0.6 is 0 Å². The number of rotatable bonds is 4. The number of ether oxygens (including phenoxy) is 1. The Morgan fingerprint density at radius 3 is 2.56 bits per heavy atom. The molecule has 0 heterocycles. The molecule has 0 aliphatic heterocycles. The highest BCUT2D eigenvalue weighted by molar-refractivity contribution is 5.74. The fourth-order valence-electron chi connectivity index (χ4n) is 1.74. The van der Waals surface area contributed by atoms with E-state index >= 15 is 0 Å². The van der Waals surface area contributed by atoms with Crippen molar-refractivity contribution in [2.24, 2.45) is 0 Å². The molecule has 1 atom stereocenters. The molecule has 0 radical (unpaired) electrons. The van der Waals surface area contributed by atoms with Crippen molar-refractivity contribution in [3.05, 3.63) is 35.6 Å². The zero-order valence-corrected chi connectivity index (χ0v) is 9.53. The summed E-state index contributed by atoms with van der Waals surface area (Å²) in [6.45, 7) is 3.42. The second-order valence-corrected chi connectivity index (χ2v) is 4.19. The van der Waals surface area contributed by atoms with Crippen molar-refractivity contribution in [1.29, 1.82) is 0 Å². The van der Waals surface area contributed by atoms with Gasteiger partial charge in [-0.05, 0) is 17.7 Å². The van der Waals surface area contributed by atoms with Gasteiger partial charge in [0.1, 0.15) is 5.82 Å². The zero-order chi connectivity index (χ0) is 12.3. The van der Waals surface area contributed by atoms with Gasteiger partial charge in [-0.1, -0.05) is 26.0 Å². The molecule has 1 aromatic carbocycles. The average molecular weight is 226 g/mol. The molecular weight excluding hydrogens is 211 g/mol. The normalized spacial score (nSPS) is 13.5. The summed E-state index contributed by atoms with van der Waals surface area (Å²) in [6, 6.07) is 5.90. The van der Waals surface area contributed by atoms with Crippen LogP contribution in [0.1, 0.15) is 19.4 Å². The molecule has 0 aromatic heterocycles. The van der Waals surface area contributed by atoms with Gasteiger partial charge < -0.3 is 9.84 Å². The fourth-order valence-corrected chi connectivity index (χ4v) is 1.74. The molecule has 16 heavy (non-hydrogen) atoms. The molecule has 0 bridgehead atoms. The highest BCUT2D eigenvalue weighted by Gasteiger charge is 2.37. The Kier molecular flexibility index (Phi) is 3.65. The minimum Gasteiger partial charge on any atom is -0.479 e. The van der Waals surface area contributed by atoms with Crippen LogP contribution in [0.5, 0.6) is 0 Å². The van der Waals surface area contributed by atoms with Crippen LogP contribution < -0.4 is 0 Å². The maximum absolute atomic E-state index is 13.1. The van der Waals surface area contributed by atoms with E-state index in [9.17, 15) is 9.18 Å². The van der Waals surface area contributed by atoms with Gasteiger partial charge in [0.25, 0.3) is 0 Å². The third-order valence-corrected chi connectivity index (χ3v) is 2.68. The highest BCUT2D eigenvalue weighted by atomic mass is 19.1. The summed E-state index contributed by atoms with van der Waals surface area (Å²) in [5, 5.41) is 9.02. The van der Waals surface area contributed by atoms with Gasteiger partial charge in [0.2, 0.25) is 0 Å². The van der Waals surface area contributed by atoms with E-state index in [1.165, 1.54) is 19.2 Å². The molecule has 3 nitrogen and oxygen atoms in total. The largest absolute Gasteiger partial charge is 0.479 e. The van der Waals surface area contributed by atoms with E-state index in [1.54, 1.807) is 26.0 Å². The molecule has 0 spiro atoms. The summed E-state index contributed by atoms with van der Waals surface area (Å²) in [6.07, 6.45) is -1.01. The van der Waals surface area contributed by atoms with Gasteiger partial charge in [0.05, 0.1) is 0 Å². The molecule has 0 aliphatic carbocycles. The van der Waals surface area contributed by atoms with Crippen LogP contribution in [-0.2, 0) is 14.9 Å². The molecule has 1 rings (SSSR count). The summed E-state index contributed by atoms with van der Waals surface area (Å²) in [5.41, 5.74) is -0.190. The Labute approximate surface area is 93.9 Å². The van der Waals surface area contributed by atoms with Gasteiger partial charge >= 0.3 is 5.97 Å². The number of aliphatic carboxylic acids is 1. The lowest BCUT2D eigenvalue weighted by atomic mass is 9.79. The van der Waals surface area contributed by atoms with Crippen LogP contribution in [0, 0.1) is 5.82 Å². The fraction of sp³-hybridized carbons (Fsp3) is 0.417. The first kappa shape index (κ1) is 12.6. The van der Waals surface area contributed by atoms with Crippen molar-refractivity contribution in [1.82, 2.24) is 0 Å². The van der Waals surface area contributed by atoms with E-state index < -0.39 is 17.5 Å². The van der Waals surface area contributed by atoms with E-state index in [0.29, 0.717) is 5.56 Å². The summed E-state index contributed by atoms with van der Waals surface area (Å²) < 4.78 is 18.0. The summed E-state index contributed by atoms with van der Waals surface area (Å²) in [7, 11) is 1.33. The van der Waals surface area contributed by atoms with Crippen LogP contribution in [0.4, 0.5) is 4.39 Å². The van der Waals surface area contributed by atoms with E-state index in [1.807, 2.05) is 0 Å². The van der Waals surface area contributed by atoms with E-state index in [0.717, 1.165) is 0 Å². The van der Waals surface area contributed by atoms with Crippen molar-refractivity contribution in [3.63, 3.8) is 0 Å². The number of hydrogen-bond acceptors (Lipinski definition) is 2. The maximum Gasteiger partial charge on any atom is 0.333 e. The van der Waals surface area contributed by atoms with Gasteiger partial charge in [-0.15, -0.1) is 0 Å². The van der Waals surface area contributed by atoms with Gasteiger partial charge in [-0.3, -0.25) is 0 Å². The minimum absolute atomic E-state index is 0.384. The molecule has 0 fully saturated rings. The van der Waals surface area contributed by atoms with Crippen molar-refractivity contribution in [2.45, 2.75) is 25.4 Å². The van der Waals surface area contributed by atoms with Gasteiger partial charge in [-0.25, -0.2) is 9.18 Å². The lowest BCUT2D eigenvalue weighted by Crippen LogP contribution is -2.41. The van der Waals surface area contributed by atoms with Crippen LogP contribution in [0.3, 0.4) is 0 Å². The molecule has 0 aliphatic rings. The van der Waals surface area contributed by atoms with Crippen molar-refractivity contribution in [2.75, 3.05) is 7.11 Å². The molecule has 0 saturated carbocycles. The van der Waals surface area contributed by atoms with Crippen LogP contribution in [0.25, 0.3) is 0 Å². The predicted octanol–water partition coefficient (Wildman–Crippen LogP) is 2.20. The Bertz CT molecular complexity index is 388. The Morgan fingerprint density at radius 1 is 1.50 bits per heavy atom. The number of carboxylic acid groups (broad SMARTS) is 1. The number of methoxy groups -OCH3 is 1. The van der Waals surface area contributed by atoms with Gasteiger partial charge in [0, 0.05) is 12.5 Å². The Morgan fingerprint density at radius 2 is 2.12 bits per heavy atom. The summed E-state index contributed by atoms with van der Waals surface area (Å²) in [5.74, 6) is -1.44. The van der Waals surface area contributed by atoms with Crippen LogP contribution in [-0.4, -0.2) is 24.3 Å². The standard InChI is InChI=1S/C12H15FO3/c1-12(2,10(16-3)11(14)15)8-5-4-6-9(13)7-8/h4-7,10H,1-3H3,(H,14,15). The van der Waals surface area contributed by atoms with Crippen LogP contribution in [0.2, 0.25) is 0 Å². The van der Waals surface area contributed by atoms with Crippen molar-refractivity contribution in [3.8, 4) is 0 Å². The first-order chi connectivity index (χ1) is 7.39. The lowest BCUT2D eigenvalue weighted by molar-refractivity contribution is -0.152. The molecule has 1 N–H and O–H groups in total. The quantitative estimate of drug-likeness (QED) is 0.856. The van der Waals surface area contributed by atoms with Gasteiger partial charge in [0.15, 0.2) is 6.10 Å². The lowest BCUT2D eigenvalue weighted by Gasteiger charge is -2.30. The second kappa shape index (κ2) is 4.61. The molecule has 1 unspecified atom stereocenters. The smallest absolute Gasteiger partial charge is 0.333 e. The molecular formula is C12H15FO3. The van der Waals surface area contributed by atoms with E-state index in [2.05, 4.69) is 0 Å². The SMILES string of the molecule is COC(C(=O)O)C(C)(C)c1cccc(F)c1. The number of carboxylic acids is 1. The average Bonchev–Trinajstić information content (AvgIpc) is 2.17. The summed E-state index contributed by atoms with van der Waals surface area (Å²) >= 11 is 0. The zero-order valence-electron chi connectivity index (χ0n) is 9.53. The molecule has 88 valence electrons. The number of benzene rings is 1. The third kappa shape index (κ3) is 2.39. The minimum atomic E-state index is -1.06. The van der Waals surface area contributed by atoms with Crippen LogP contribution in [0.15, 0.2) is 24.3 Å². The molecule has 4 heteroatoms. The topological polar surface area (TPSA) is 46.5 Å². The Balaban J connectivity index is 3.13. The number of carbonyl (C=O) groups is 1. The number of hydrogen-bond donors (Lipinski definition) is 1.